The van der Waals surface area contributed by atoms with Crippen LogP contribution in [0.4, 0.5) is 4.39 Å². The highest BCUT2D eigenvalue weighted by molar-refractivity contribution is 5.94. The summed E-state index contributed by atoms with van der Waals surface area (Å²) in [7, 11) is 0. The fourth-order valence-corrected chi connectivity index (χ4v) is 3.76. The first kappa shape index (κ1) is 26.1. The Labute approximate surface area is 202 Å². The third-order valence-corrected chi connectivity index (χ3v) is 5.71. The predicted octanol–water partition coefficient (Wildman–Crippen LogP) is 2.77. The number of pyridine rings is 1. The summed E-state index contributed by atoms with van der Waals surface area (Å²) < 4.78 is 14.0. The van der Waals surface area contributed by atoms with Crippen molar-refractivity contribution in [1.29, 1.82) is 0 Å². The number of nitrogens with one attached hydrogen (secondary N) is 2. The van der Waals surface area contributed by atoms with E-state index in [1.54, 1.807) is 48.1 Å². The number of aliphatic hydroxyl groups excluding tert-OH is 1. The number of aliphatic hydroxyl groups is 1. The van der Waals surface area contributed by atoms with Gasteiger partial charge in [-0.1, -0.05) is 18.2 Å². The average Bonchev–Trinajstić information content (AvgIpc) is 2.85. The molecule has 2 aromatic heterocycles. The number of nitrogens with zero attached hydrogens (tertiary/aromatic N) is 3. The van der Waals surface area contributed by atoms with Gasteiger partial charge >= 0.3 is 0 Å². The number of hydrogen-bond donors (Lipinski definition) is 4. The smallest absolute Gasteiger partial charge is 0.271 e. The summed E-state index contributed by atoms with van der Waals surface area (Å²) in [6.07, 6.45) is 1.99. The molecule has 4 N–H and O–H groups in total. The second-order valence-electron chi connectivity index (χ2n) is 9.08. The van der Waals surface area contributed by atoms with Crippen LogP contribution in [-0.4, -0.2) is 54.9 Å². The van der Waals surface area contributed by atoms with E-state index in [-0.39, 0.29) is 31.4 Å². The van der Waals surface area contributed by atoms with Crippen molar-refractivity contribution in [3.63, 3.8) is 0 Å². The Hall–Kier alpha value is -3.50. The average molecular weight is 484 g/mol. The van der Waals surface area contributed by atoms with E-state index < -0.39 is 35.5 Å². The van der Waals surface area contributed by atoms with Gasteiger partial charge in [-0.15, -0.1) is 0 Å². The summed E-state index contributed by atoms with van der Waals surface area (Å²) in [6, 6.07) is 11.6. The molecule has 0 aliphatic heterocycles. The number of amides is 2. The monoisotopic (exact) mass is 483 g/mol. The molecule has 3 atom stereocenters. The molecule has 9 nitrogen and oxygen atoms in total. The van der Waals surface area contributed by atoms with Crippen LogP contribution in [-0.2, 0) is 11.2 Å². The molecule has 1 aromatic carbocycles. The molecule has 2 heterocycles. The van der Waals surface area contributed by atoms with Crippen molar-refractivity contribution >= 4 is 22.8 Å². The summed E-state index contributed by atoms with van der Waals surface area (Å²) in [6.45, 7) is 2.79. The van der Waals surface area contributed by atoms with E-state index in [4.69, 9.17) is 5.21 Å². The summed E-state index contributed by atoms with van der Waals surface area (Å²) in [5.41, 5.74) is 1.96. The fraction of sp³-hybridized carbons (Fsp3) is 0.400. The minimum Gasteiger partial charge on any atom is -0.391 e. The van der Waals surface area contributed by atoms with Crippen LogP contribution in [0, 0.1) is 5.92 Å². The maximum absolute atomic E-state index is 14.0. The largest absolute Gasteiger partial charge is 0.391 e. The standard InChI is InChI=1S/C25H30FN5O4/c1-25(2,26)11-10-16(23(33)31-35)13-22(32)20(14-17-7-5-6-12-27-17)30-24(34)21-15-28-18-8-3-4-9-19(18)29-21/h3-9,12,15-16,20,22,32,35H,10-11,13-14H2,1-2H3,(H,30,34)(H,31,33). The number of carbonyl (C=O) groups is 2. The van der Waals surface area contributed by atoms with Crippen molar-refractivity contribution in [3.8, 4) is 0 Å². The number of halogens is 1. The molecule has 0 saturated carbocycles. The van der Waals surface area contributed by atoms with E-state index in [0.29, 0.717) is 16.7 Å². The molecular weight excluding hydrogens is 453 g/mol. The summed E-state index contributed by atoms with van der Waals surface area (Å²) >= 11 is 0. The van der Waals surface area contributed by atoms with Crippen LogP contribution in [0.15, 0.2) is 54.9 Å². The molecule has 35 heavy (non-hydrogen) atoms. The third kappa shape index (κ3) is 7.76. The van der Waals surface area contributed by atoms with Gasteiger partial charge in [-0.25, -0.2) is 14.9 Å². The van der Waals surface area contributed by atoms with Crippen molar-refractivity contribution in [2.75, 3.05) is 0 Å². The van der Waals surface area contributed by atoms with Gasteiger partial charge in [0.2, 0.25) is 5.91 Å². The fourth-order valence-electron chi connectivity index (χ4n) is 3.76. The first-order valence-electron chi connectivity index (χ1n) is 11.4. The van der Waals surface area contributed by atoms with E-state index >= 15 is 0 Å². The molecule has 0 radical (unpaired) electrons. The number of rotatable bonds is 11. The lowest BCUT2D eigenvalue weighted by Gasteiger charge is -2.27. The van der Waals surface area contributed by atoms with Crippen molar-refractivity contribution in [1.82, 2.24) is 25.7 Å². The zero-order valence-electron chi connectivity index (χ0n) is 19.7. The van der Waals surface area contributed by atoms with Crippen molar-refractivity contribution in [2.24, 2.45) is 5.92 Å². The Balaban J connectivity index is 1.80. The second-order valence-corrected chi connectivity index (χ2v) is 9.08. The lowest BCUT2D eigenvalue weighted by Crippen LogP contribution is -2.47. The van der Waals surface area contributed by atoms with Crippen molar-refractivity contribution in [2.45, 2.75) is 57.3 Å². The van der Waals surface area contributed by atoms with Gasteiger partial charge in [-0.3, -0.25) is 24.8 Å². The lowest BCUT2D eigenvalue weighted by atomic mass is 9.88. The van der Waals surface area contributed by atoms with Crippen LogP contribution in [0.25, 0.3) is 11.0 Å². The molecule has 3 rings (SSSR count). The molecule has 2 amide bonds. The van der Waals surface area contributed by atoms with Gasteiger partial charge in [0.05, 0.1) is 29.4 Å². The summed E-state index contributed by atoms with van der Waals surface area (Å²) in [5, 5.41) is 23.0. The first-order chi connectivity index (χ1) is 16.7. The zero-order chi connectivity index (χ0) is 25.4. The van der Waals surface area contributed by atoms with Crippen molar-refractivity contribution in [3.05, 3.63) is 66.2 Å². The molecule has 0 aliphatic carbocycles. The summed E-state index contributed by atoms with van der Waals surface area (Å²) in [5.74, 6) is -2.14. The molecule has 0 aliphatic rings. The van der Waals surface area contributed by atoms with Gasteiger partial charge in [0, 0.05) is 24.2 Å². The summed E-state index contributed by atoms with van der Waals surface area (Å²) in [4.78, 5) is 38.1. The molecule has 186 valence electrons. The van der Waals surface area contributed by atoms with Crippen LogP contribution in [0.1, 0.15) is 49.3 Å². The first-order valence-corrected chi connectivity index (χ1v) is 11.4. The highest BCUT2D eigenvalue weighted by Crippen LogP contribution is 2.24. The number of hydroxylamine groups is 1. The Morgan fingerprint density at radius 1 is 1.09 bits per heavy atom. The number of fused-ring (bicyclic) bond motifs is 1. The minimum absolute atomic E-state index is 0.0573. The van der Waals surface area contributed by atoms with E-state index in [1.807, 2.05) is 6.07 Å². The molecule has 10 heteroatoms. The van der Waals surface area contributed by atoms with Crippen LogP contribution < -0.4 is 10.8 Å². The number of aromatic nitrogens is 3. The number of carbonyl (C=O) groups excluding carboxylic acids is 2. The number of para-hydroxylation sites is 2. The molecule has 3 aromatic rings. The van der Waals surface area contributed by atoms with E-state index in [9.17, 15) is 19.1 Å². The SMILES string of the molecule is CC(C)(F)CCC(CC(O)C(Cc1ccccn1)NC(=O)c1cnc2ccccc2n1)C(=O)NO. The third-order valence-electron chi connectivity index (χ3n) is 5.71. The topological polar surface area (TPSA) is 137 Å². The Morgan fingerprint density at radius 2 is 1.80 bits per heavy atom. The molecule has 0 bridgehead atoms. The number of hydrogen-bond acceptors (Lipinski definition) is 7. The quantitative estimate of drug-likeness (QED) is 0.243. The zero-order valence-corrected chi connectivity index (χ0v) is 19.7. The minimum atomic E-state index is -1.52. The van der Waals surface area contributed by atoms with Gasteiger partial charge in [-0.05, 0) is 57.4 Å². The highest BCUT2D eigenvalue weighted by Gasteiger charge is 2.30. The van der Waals surface area contributed by atoms with Crippen LogP contribution in [0.3, 0.4) is 0 Å². The van der Waals surface area contributed by atoms with Crippen LogP contribution in [0.2, 0.25) is 0 Å². The molecule has 0 spiro atoms. The Morgan fingerprint density at radius 3 is 2.46 bits per heavy atom. The van der Waals surface area contributed by atoms with E-state index in [1.165, 1.54) is 20.0 Å². The van der Waals surface area contributed by atoms with Gasteiger partial charge in [0.15, 0.2) is 0 Å². The lowest BCUT2D eigenvalue weighted by molar-refractivity contribution is -0.135. The van der Waals surface area contributed by atoms with E-state index in [2.05, 4.69) is 20.3 Å². The Bertz CT molecular complexity index is 1140. The van der Waals surface area contributed by atoms with Gasteiger partial charge in [-0.2, -0.15) is 0 Å². The van der Waals surface area contributed by atoms with Crippen LogP contribution >= 0.6 is 0 Å². The maximum Gasteiger partial charge on any atom is 0.271 e. The van der Waals surface area contributed by atoms with Gasteiger partial charge in [0.1, 0.15) is 11.4 Å². The molecule has 3 unspecified atom stereocenters. The van der Waals surface area contributed by atoms with E-state index in [0.717, 1.165) is 0 Å². The normalized spacial score (nSPS) is 14.2. The van der Waals surface area contributed by atoms with Gasteiger partial charge in [0.25, 0.3) is 5.91 Å². The number of benzene rings is 1. The Kier molecular flexibility index (Phi) is 8.78. The molecule has 0 saturated heterocycles. The van der Waals surface area contributed by atoms with Crippen LogP contribution in [0.5, 0.6) is 0 Å². The highest BCUT2D eigenvalue weighted by atomic mass is 19.1. The second kappa shape index (κ2) is 11.8. The van der Waals surface area contributed by atoms with Gasteiger partial charge < -0.3 is 10.4 Å². The predicted molar refractivity (Wildman–Crippen MR) is 127 cm³/mol. The number of alkyl halides is 1. The maximum atomic E-state index is 14.0. The molecule has 0 fully saturated rings. The molecular formula is C25H30FN5O4. The van der Waals surface area contributed by atoms with Crippen molar-refractivity contribution < 1.29 is 24.3 Å².